The number of carbonyl (C=O) groups is 1. The molecule has 0 saturated heterocycles. The van der Waals surface area contributed by atoms with E-state index in [4.69, 9.17) is 15.2 Å². The van der Waals surface area contributed by atoms with Crippen molar-refractivity contribution in [2.24, 2.45) is 0 Å². The van der Waals surface area contributed by atoms with Crippen LogP contribution in [-0.2, 0) is 9.53 Å². The number of benzene rings is 1. The average Bonchev–Trinajstić information content (AvgIpc) is 2.38. The Hall–Kier alpha value is -1.91. The van der Waals surface area contributed by atoms with Gasteiger partial charge >= 0.3 is 5.97 Å². The minimum absolute atomic E-state index is 0.0545. The first kappa shape index (κ1) is 13.5. The largest absolute Gasteiger partial charge is 0.489 e. The van der Waals surface area contributed by atoms with E-state index >= 15 is 0 Å². The summed E-state index contributed by atoms with van der Waals surface area (Å²) in [5.74, 6) is 0.494. The molecule has 1 aliphatic heterocycles. The molecule has 0 fully saturated rings. The zero-order chi connectivity index (χ0) is 13.8. The van der Waals surface area contributed by atoms with Gasteiger partial charge in [-0.1, -0.05) is 13.0 Å². The van der Waals surface area contributed by atoms with Gasteiger partial charge in [0, 0.05) is 0 Å². The molecule has 5 nitrogen and oxygen atoms in total. The van der Waals surface area contributed by atoms with Gasteiger partial charge in [-0.2, -0.15) is 0 Å². The van der Waals surface area contributed by atoms with Gasteiger partial charge in [-0.3, -0.25) is 4.79 Å². The van der Waals surface area contributed by atoms with Gasteiger partial charge < -0.3 is 20.1 Å². The predicted molar refractivity (Wildman–Crippen MR) is 74.4 cm³/mol. The number of hydrogen-bond donors (Lipinski definition) is 1. The molecule has 0 radical (unpaired) electrons. The Morgan fingerprint density at radius 3 is 3.11 bits per heavy atom. The van der Waals surface area contributed by atoms with Crippen molar-refractivity contribution in [3.63, 3.8) is 0 Å². The molecular weight excluding hydrogens is 244 g/mol. The van der Waals surface area contributed by atoms with Gasteiger partial charge in [0.05, 0.1) is 18.3 Å². The number of anilines is 2. The molecule has 0 saturated carbocycles. The Labute approximate surface area is 113 Å². The molecule has 1 heterocycles. The fourth-order valence-electron chi connectivity index (χ4n) is 2.03. The van der Waals surface area contributed by atoms with Crippen molar-refractivity contribution < 1.29 is 14.3 Å². The molecule has 1 aromatic rings. The highest BCUT2D eigenvalue weighted by molar-refractivity contribution is 5.82. The molecule has 19 heavy (non-hydrogen) atoms. The molecule has 0 aliphatic carbocycles. The van der Waals surface area contributed by atoms with Crippen LogP contribution in [0.1, 0.15) is 20.3 Å². The number of esters is 1. The fourth-order valence-corrected chi connectivity index (χ4v) is 2.03. The van der Waals surface area contributed by atoms with Gasteiger partial charge in [0.1, 0.15) is 24.6 Å². The predicted octanol–water partition coefficient (Wildman–Crippen LogP) is 1.81. The summed E-state index contributed by atoms with van der Waals surface area (Å²) in [5.41, 5.74) is 7.37. The fraction of sp³-hybridized carbons (Fsp3) is 0.500. The first-order chi connectivity index (χ1) is 9.11. The molecule has 1 unspecified atom stereocenters. The van der Waals surface area contributed by atoms with Crippen molar-refractivity contribution >= 4 is 17.3 Å². The second-order valence-corrected chi connectivity index (χ2v) is 4.67. The van der Waals surface area contributed by atoms with Crippen LogP contribution in [-0.4, -0.2) is 31.8 Å². The SMILES string of the molecule is CCC(C)OC(=O)CN1CCOc2cccc(N)c21. The number of nitrogens with two attached hydrogens (primary N) is 1. The molecule has 5 heteroatoms. The van der Waals surface area contributed by atoms with E-state index in [1.807, 2.05) is 30.9 Å². The third-order valence-electron chi connectivity index (χ3n) is 3.19. The minimum Gasteiger partial charge on any atom is -0.489 e. The van der Waals surface area contributed by atoms with Gasteiger partial charge in [0.25, 0.3) is 0 Å². The van der Waals surface area contributed by atoms with Crippen LogP contribution in [0.25, 0.3) is 0 Å². The van der Waals surface area contributed by atoms with Crippen LogP contribution in [0.4, 0.5) is 11.4 Å². The smallest absolute Gasteiger partial charge is 0.325 e. The monoisotopic (exact) mass is 264 g/mol. The normalized spacial score (nSPS) is 15.4. The highest BCUT2D eigenvalue weighted by Gasteiger charge is 2.23. The summed E-state index contributed by atoms with van der Waals surface area (Å²) >= 11 is 0. The maximum absolute atomic E-state index is 11.9. The van der Waals surface area contributed by atoms with Crippen LogP contribution in [0, 0.1) is 0 Å². The molecular formula is C14H20N2O3. The van der Waals surface area contributed by atoms with Gasteiger partial charge in [0.15, 0.2) is 0 Å². The molecule has 2 rings (SSSR count). The zero-order valence-electron chi connectivity index (χ0n) is 11.4. The summed E-state index contributed by atoms with van der Waals surface area (Å²) in [5, 5.41) is 0. The van der Waals surface area contributed by atoms with Crippen molar-refractivity contribution in [1.29, 1.82) is 0 Å². The van der Waals surface area contributed by atoms with Crippen molar-refractivity contribution in [3.8, 4) is 5.75 Å². The number of carbonyl (C=O) groups excluding carboxylic acids is 1. The van der Waals surface area contributed by atoms with Gasteiger partial charge in [-0.05, 0) is 25.5 Å². The van der Waals surface area contributed by atoms with Crippen LogP contribution in [0.5, 0.6) is 5.75 Å². The minimum atomic E-state index is -0.231. The third kappa shape index (κ3) is 3.10. The number of para-hydroxylation sites is 1. The molecule has 1 aliphatic rings. The van der Waals surface area contributed by atoms with Crippen molar-refractivity contribution in [2.45, 2.75) is 26.4 Å². The van der Waals surface area contributed by atoms with Crippen molar-refractivity contribution in [1.82, 2.24) is 0 Å². The first-order valence-corrected chi connectivity index (χ1v) is 6.57. The summed E-state index contributed by atoms with van der Waals surface area (Å²) in [6, 6.07) is 5.51. The summed E-state index contributed by atoms with van der Waals surface area (Å²) in [6.07, 6.45) is 0.759. The Morgan fingerprint density at radius 1 is 1.58 bits per heavy atom. The summed E-state index contributed by atoms with van der Waals surface area (Å²) < 4.78 is 10.8. The topological polar surface area (TPSA) is 64.8 Å². The first-order valence-electron chi connectivity index (χ1n) is 6.57. The number of rotatable bonds is 4. The standard InChI is InChI=1S/C14H20N2O3/c1-3-10(2)19-13(17)9-16-7-8-18-12-6-4-5-11(15)14(12)16/h4-6,10H,3,7-9,15H2,1-2H3. The van der Waals surface area contributed by atoms with E-state index in [0.717, 1.165) is 17.9 Å². The molecule has 1 atom stereocenters. The number of nitrogens with zero attached hydrogens (tertiary/aromatic N) is 1. The average molecular weight is 264 g/mol. The second-order valence-electron chi connectivity index (χ2n) is 4.67. The Balaban J connectivity index is 2.09. The van der Waals surface area contributed by atoms with Gasteiger partial charge in [-0.15, -0.1) is 0 Å². The van der Waals surface area contributed by atoms with E-state index in [1.54, 1.807) is 6.07 Å². The van der Waals surface area contributed by atoms with E-state index in [0.29, 0.717) is 18.8 Å². The maximum Gasteiger partial charge on any atom is 0.325 e. The van der Waals surface area contributed by atoms with Crippen molar-refractivity contribution in [3.05, 3.63) is 18.2 Å². The Bertz CT molecular complexity index is 462. The third-order valence-corrected chi connectivity index (χ3v) is 3.19. The van der Waals surface area contributed by atoms with Crippen LogP contribution in [0.3, 0.4) is 0 Å². The van der Waals surface area contributed by atoms with Crippen molar-refractivity contribution in [2.75, 3.05) is 30.3 Å². The lowest BCUT2D eigenvalue weighted by atomic mass is 10.2. The lowest BCUT2D eigenvalue weighted by Gasteiger charge is -2.31. The van der Waals surface area contributed by atoms with E-state index in [2.05, 4.69) is 0 Å². The number of hydrogen-bond acceptors (Lipinski definition) is 5. The van der Waals surface area contributed by atoms with Crippen LogP contribution < -0.4 is 15.4 Å². The highest BCUT2D eigenvalue weighted by atomic mass is 16.5. The summed E-state index contributed by atoms with van der Waals surface area (Å²) in [6.45, 7) is 5.26. The molecule has 104 valence electrons. The molecule has 2 N–H and O–H groups in total. The lowest BCUT2D eigenvalue weighted by Crippen LogP contribution is -2.38. The quantitative estimate of drug-likeness (QED) is 0.663. The Morgan fingerprint density at radius 2 is 2.37 bits per heavy atom. The number of nitrogen functional groups attached to an aromatic ring is 1. The Kier molecular flexibility index (Phi) is 4.14. The van der Waals surface area contributed by atoms with Gasteiger partial charge in [0.2, 0.25) is 0 Å². The van der Waals surface area contributed by atoms with Crippen LogP contribution >= 0.6 is 0 Å². The molecule has 0 aromatic heterocycles. The molecule has 0 bridgehead atoms. The lowest BCUT2D eigenvalue weighted by molar-refractivity contribution is -0.146. The number of ether oxygens (including phenoxy) is 2. The summed E-state index contributed by atoms with van der Waals surface area (Å²) in [7, 11) is 0. The van der Waals surface area contributed by atoms with Crippen LogP contribution in [0.15, 0.2) is 18.2 Å². The molecule has 0 spiro atoms. The second kappa shape index (κ2) is 5.82. The van der Waals surface area contributed by atoms with E-state index < -0.39 is 0 Å². The van der Waals surface area contributed by atoms with Crippen LogP contribution in [0.2, 0.25) is 0 Å². The molecule has 1 aromatic carbocycles. The number of fused-ring (bicyclic) bond motifs is 1. The highest BCUT2D eigenvalue weighted by Crippen LogP contribution is 2.36. The van der Waals surface area contributed by atoms with Gasteiger partial charge in [-0.25, -0.2) is 0 Å². The van der Waals surface area contributed by atoms with E-state index in [9.17, 15) is 4.79 Å². The molecule has 0 amide bonds. The van der Waals surface area contributed by atoms with E-state index in [1.165, 1.54) is 0 Å². The summed E-state index contributed by atoms with van der Waals surface area (Å²) in [4.78, 5) is 13.8. The van der Waals surface area contributed by atoms with E-state index in [-0.39, 0.29) is 18.6 Å². The maximum atomic E-state index is 11.9. The zero-order valence-corrected chi connectivity index (χ0v) is 11.4.